The lowest BCUT2D eigenvalue weighted by Gasteiger charge is -2.11. The molecule has 2 aromatic heterocycles. The molecular formula is C25H17N3O3. The highest BCUT2D eigenvalue weighted by Crippen LogP contribution is 2.32. The first-order valence-corrected chi connectivity index (χ1v) is 9.70. The summed E-state index contributed by atoms with van der Waals surface area (Å²) in [5.41, 5.74) is 3.86. The molecule has 0 atom stereocenters. The van der Waals surface area contributed by atoms with Gasteiger partial charge in [-0.15, -0.1) is 0 Å². The molecule has 0 aliphatic carbocycles. The summed E-state index contributed by atoms with van der Waals surface area (Å²) in [4.78, 5) is 16.1. The van der Waals surface area contributed by atoms with Gasteiger partial charge in [0.05, 0.1) is 5.69 Å². The smallest absolute Gasteiger partial charge is 0.356 e. The van der Waals surface area contributed by atoms with Crippen molar-refractivity contribution in [1.29, 1.82) is 0 Å². The molecule has 0 unspecified atom stereocenters. The van der Waals surface area contributed by atoms with Crippen molar-refractivity contribution in [2.45, 2.75) is 0 Å². The summed E-state index contributed by atoms with van der Waals surface area (Å²) in [7, 11) is 0. The van der Waals surface area contributed by atoms with Gasteiger partial charge in [-0.05, 0) is 42.0 Å². The van der Waals surface area contributed by atoms with E-state index in [1.54, 1.807) is 0 Å². The third-order valence-corrected chi connectivity index (χ3v) is 4.86. The maximum atomic E-state index is 11.4. The Balaban J connectivity index is 1.59. The predicted octanol–water partition coefficient (Wildman–Crippen LogP) is 5.55. The number of ether oxygens (including phenoxy) is 1. The molecule has 3 aromatic carbocycles. The Kier molecular flexibility index (Phi) is 4.65. The minimum Gasteiger partial charge on any atom is -0.476 e. The molecule has 31 heavy (non-hydrogen) atoms. The number of hydrogen-bond donors (Lipinski definition) is 1. The van der Waals surface area contributed by atoms with E-state index in [9.17, 15) is 9.90 Å². The van der Waals surface area contributed by atoms with E-state index in [0.717, 1.165) is 33.9 Å². The molecule has 0 amide bonds. The molecular weight excluding hydrogens is 390 g/mol. The van der Waals surface area contributed by atoms with Crippen molar-refractivity contribution in [3.05, 3.63) is 103 Å². The number of carboxylic acids is 1. The summed E-state index contributed by atoms with van der Waals surface area (Å²) in [6, 6.07) is 28.5. The maximum absolute atomic E-state index is 11.4. The van der Waals surface area contributed by atoms with Crippen LogP contribution in [-0.2, 0) is 0 Å². The fourth-order valence-corrected chi connectivity index (χ4v) is 3.38. The molecule has 0 radical (unpaired) electrons. The zero-order chi connectivity index (χ0) is 21.2. The number of aromatic nitrogens is 3. The Labute approximate surface area is 178 Å². The van der Waals surface area contributed by atoms with E-state index >= 15 is 0 Å². The minimum atomic E-state index is -1.09. The fourth-order valence-electron chi connectivity index (χ4n) is 3.38. The second kappa shape index (κ2) is 7.76. The maximum Gasteiger partial charge on any atom is 0.356 e. The number of carboxylic acid groups (broad SMARTS) is 1. The van der Waals surface area contributed by atoms with E-state index in [1.807, 2.05) is 91.1 Å². The number of hydrogen-bond acceptors (Lipinski definition) is 4. The molecule has 0 spiro atoms. The lowest BCUT2D eigenvalue weighted by Crippen LogP contribution is -1.99. The van der Waals surface area contributed by atoms with Crippen molar-refractivity contribution in [3.63, 3.8) is 0 Å². The molecule has 0 saturated heterocycles. The van der Waals surface area contributed by atoms with E-state index < -0.39 is 5.97 Å². The van der Waals surface area contributed by atoms with Crippen LogP contribution in [0.3, 0.4) is 0 Å². The van der Waals surface area contributed by atoms with Crippen molar-refractivity contribution in [1.82, 2.24) is 14.6 Å². The minimum absolute atomic E-state index is 0.0460. The summed E-state index contributed by atoms with van der Waals surface area (Å²) in [6.07, 6.45) is 1.81. The van der Waals surface area contributed by atoms with Gasteiger partial charge >= 0.3 is 5.97 Å². The van der Waals surface area contributed by atoms with Crippen LogP contribution in [0.1, 0.15) is 10.5 Å². The number of rotatable bonds is 5. The summed E-state index contributed by atoms with van der Waals surface area (Å²) < 4.78 is 7.39. The molecule has 1 N–H and O–H groups in total. The van der Waals surface area contributed by atoms with Gasteiger partial charge in [-0.3, -0.25) is 0 Å². The normalized spacial score (nSPS) is 10.8. The number of carbonyl (C=O) groups is 1. The van der Waals surface area contributed by atoms with Gasteiger partial charge in [0.15, 0.2) is 11.3 Å². The van der Waals surface area contributed by atoms with Crippen LogP contribution in [0.25, 0.3) is 28.0 Å². The number of aromatic carboxylic acids is 1. The van der Waals surface area contributed by atoms with E-state index in [1.165, 1.54) is 10.6 Å². The van der Waals surface area contributed by atoms with Crippen LogP contribution in [-0.4, -0.2) is 25.7 Å². The Morgan fingerprint density at radius 3 is 2.13 bits per heavy atom. The van der Waals surface area contributed by atoms with Crippen molar-refractivity contribution in [2.24, 2.45) is 0 Å². The van der Waals surface area contributed by atoms with Crippen LogP contribution in [0.15, 0.2) is 97.2 Å². The van der Waals surface area contributed by atoms with Crippen molar-refractivity contribution >= 4 is 11.6 Å². The van der Waals surface area contributed by atoms with Crippen molar-refractivity contribution in [3.8, 4) is 33.9 Å². The monoisotopic (exact) mass is 407 g/mol. The molecule has 0 fully saturated rings. The van der Waals surface area contributed by atoms with Gasteiger partial charge < -0.3 is 9.84 Å². The SMILES string of the molecule is O=C(O)c1cc2nc(-c3ccc(Oc4ccccc4)cc3)c(-c3ccccc3)cn2n1. The molecule has 6 nitrogen and oxygen atoms in total. The Hall–Kier alpha value is -4.45. The van der Waals surface area contributed by atoms with Crippen LogP contribution in [0.2, 0.25) is 0 Å². The van der Waals surface area contributed by atoms with Crippen LogP contribution < -0.4 is 4.74 Å². The van der Waals surface area contributed by atoms with Gasteiger partial charge in [0.25, 0.3) is 0 Å². The Morgan fingerprint density at radius 1 is 0.806 bits per heavy atom. The zero-order valence-electron chi connectivity index (χ0n) is 16.3. The lowest BCUT2D eigenvalue weighted by atomic mass is 10.0. The van der Waals surface area contributed by atoms with Gasteiger partial charge in [-0.25, -0.2) is 14.3 Å². The molecule has 5 aromatic rings. The summed E-state index contributed by atoms with van der Waals surface area (Å²) in [5.74, 6) is 0.394. The van der Waals surface area contributed by atoms with Crippen LogP contribution in [0.5, 0.6) is 11.5 Å². The predicted molar refractivity (Wildman–Crippen MR) is 117 cm³/mol. The first-order chi connectivity index (χ1) is 15.2. The van der Waals surface area contributed by atoms with Gasteiger partial charge in [-0.2, -0.15) is 5.10 Å². The Morgan fingerprint density at radius 2 is 1.45 bits per heavy atom. The Bertz CT molecular complexity index is 1360. The molecule has 0 bridgehead atoms. The highest BCUT2D eigenvalue weighted by atomic mass is 16.5. The summed E-state index contributed by atoms with van der Waals surface area (Å²) in [6.45, 7) is 0. The van der Waals surface area contributed by atoms with Crippen molar-refractivity contribution in [2.75, 3.05) is 0 Å². The third-order valence-electron chi connectivity index (χ3n) is 4.86. The standard InChI is InChI=1S/C25H17N3O3/c29-25(30)22-15-23-26-24(21(16-28(23)27-22)17-7-3-1-4-8-17)18-11-13-20(14-12-18)31-19-9-5-2-6-10-19/h1-16H,(H,29,30). The molecule has 0 saturated carbocycles. The zero-order valence-corrected chi connectivity index (χ0v) is 16.3. The number of fused-ring (bicyclic) bond motifs is 1. The number of nitrogens with zero attached hydrogens (tertiary/aromatic N) is 3. The van der Waals surface area contributed by atoms with Crippen LogP contribution >= 0.6 is 0 Å². The first kappa shape index (κ1) is 18.6. The average molecular weight is 407 g/mol. The number of para-hydroxylation sites is 1. The highest BCUT2D eigenvalue weighted by molar-refractivity contribution is 5.87. The van der Waals surface area contributed by atoms with Crippen LogP contribution in [0, 0.1) is 0 Å². The van der Waals surface area contributed by atoms with E-state index in [-0.39, 0.29) is 5.69 Å². The summed E-state index contributed by atoms with van der Waals surface area (Å²) >= 11 is 0. The third kappa shape index (κ3) is 3.74. The molecule has 5 rings (SSSR count). The van der Waals surface area contributed by atoms with Gasteiger partial charge in [-0.1, -0.05) is 48.5 Å². The molecule has 0 aliphatic rings. The van der Waals surface area contributed by atoms with Gasteiger partial charge in [0, 0.05) is 23.4 Å². The largest absolute Gasteiger partial charge is 0.476 e. The van der Waals surface area contributed by atoms with E-state index in [2.05, 4.69) is 5.10 Å². The second-order valence-electron chi connectivity index (χ2n) is 6.95. The molecule has 0 aliphatic heterocycles. The topological polar surface area (TPSA) is 76.7 Å². The first-order valence-electron chi connectivity index (χ1n) is 9.70. The quantitative estimate of drug-likeness (QED) is 0.413. The summed E-state index contributed by atoms with van der Waals surface area (Å²) in [5, 5.41) is 13.4. The molecule has 2 heterocycles. The highest BCUT2D eigenvalue weighted by Gasteiger charge is 2.15. The van der Waals surface area contributed by atoms with Crippen molar-refractivity contribution < 1.29 is 14.6 Å². The van der Waals surface area contributed by atoms with Crippen LogP contribution in [0.4, 0.5) is 0 Å². The molecule has 150 valence electrons. The van der Waals surface area contributed by atoms with Gasteiger partial charge in [0.2, 0.25) is 0 Å². The van der Waals surface area contributed by atoms with E-state index in [0.29, 0.717) is 5.65 Å². The number of benzene rings is 3. The molecule has 6 heteroatoms. The van der Waals surface area contributed by atoms with Gasteiger partial charge in [0.1, 0.15) is 11.5 Å². The lowest BCUT2D eigenvalue weighted by molar-refractivity contribution is 0.0690. The average Bonchev–Trinajstić information content (AvgIpc) is 3.24. The fraction of sp³-hybridized carbons (Fsp3) is 0. The van der Waals surface area contributed by atoms with E-state index in [4.69, 9.17) is 9.72 Å². The second-order valence-corrected chi connectivity index (χ2v) is 6.95.